The Morgan fingerprint density at radius 3 is 2.05 bits per heavy atom. The van der Waals surface area contributed by atoms with Crippen molar-refractivity contribution in [2.75, 3.05) is 18.5 Å². The first-order chi connectivity index (χ1) is 19.4. The van der Waals surface area contributed by atoms with Crippen LogP contribution in [-0.2, 0) is 20.7 Å². The third-order valence-corrected chi connectivity index (χ3v) is 6.16. The number of hydrogen-bond acceptors (Lipinski definition) is 7. The maximum absolute atomic E-state index is 14.2. The molecule has 0 saturated carbocycles. The highest BCUT2D eigenvalue weighted by Crippen LogP contribution is 2.27. The summed E-state index contributed by atoms with van der Waals surface area (Å²) in [7, 11) is 0. The van der Waals surface area contributed by atoms with Crippen LogP contribution in [0.3, 0.4) is 0 Å². The minimum absolute atomic E-state index is 0.0159. The van der Waals surface area contributed by atoms with Gasteiger partial charge in [-0.1, -0.05) is 42.5 Å². The number of aromatic hydroxyl groups is 2. The van der Waals surface area contributed by atoms with Crippen LogP contribution < -0.4 is 10.6 Å². The van der Waals surface area contributed by atoms with Crippen LogP contribution in [0.15, 0.2) is 72.8 Å². The fraction of sp³-hybridized carbons (Fsp3) is 0.323. The molecule has 3 rings (SSSR count). The number of aliphatic hydroxyl groups is 1. The average molecular weight is 564 g/mol. The van der Waals surface area contributed by atoms with Gasteiger partial charge in [-0.2, -0.15) is 0 Å². The summed E-state index contributed by atoms with van der Waals surface area (Å²) in [4.78, 5) is 42.0. The molecule has 0 aromatic heterocycles. The van der Waals surface area contributed by atoms with Gasteiger partial charge in [0.1, 0.15) is 29.2 Å². The molecule has 41 heavy (non-hydrogen) atoms. The second-order valence-electron chi connectivity index (χ2n) is 10.6. The number of para-hydroxylation sites is 1. The highest BCUT2D eigenvalue weighted by molar-refractivity contribution is 5.99. The Balaban J connectivity index is 2.03. The van der Waals surface area contributed by atoms with Crippen LogP contribution >= 0.6 is 0 Å². The summed E-state index contributed by atoms with van der Waals surface area (Å²) in [6.07, 6.45) is -0.814. The molecular formula is C31H37N3O7. The number of aliphatic hydroxyl groups excluding tert-OH is 1. The number of aryl methyl sites for hydroxylation is 1. The molecule has 3 amide bonds. The first-order valence-electron chi connectivity index (χ1n) is 13.2. The van der Waals surface area contributed by atoms with Crippen molar-refractivity contribution in [1.82, 2.24) is 10.2 Å². The Morgan fingerprint density at radius 1 is 0.902 bits per heavy atom. The summed E-state index contributed by atoms with van der Waals surface area (Å²) >= 11 is 0. The van der Waals surface area contributed by atoms with Crippen LogP contribution in [0.5, 0.6) is 11.5 Å². The number of nitrogens with one attached hydrogen (secondary N) is 2. The van der Waals surface area contributed by atoms with E-state index in [1.165, 1.54) is 41.3 Å². The number of phenols is 2. The lowest BCUT2D eigenvalue weighted by Crippen LogP contribution is -2.53. The van der Waals surface area contributed by atoms with Gasteiger partial charge in [0, 0.05) is 18.7 Å². The average Bonchev–Trinajstić information content (AvgIpc) is 2.90. The summed E-state index contributed by atoms with van der Waals surface area (Å²) in [5, 5.41) is 35.0. The Bertz CT molecular complexity index is 1340. The van der Waals surface area contributed by atoms with Crippen molar-refractivity contribution in [3.05, 3.63) is 89.5 Å². The van der Waals surface area contributed by atoms with Gasteiger partial charge in [-0.15, -0.1) is 0 Å². The minimum Gasteiger partial charge on any atom is -0.508 e. The van der Waals surface area contributed by atoms with Crippen LogP contribution in [0.2, 0.25) is 0 Å². The number of anilines is 1. The lowest BCUT2D eigenvalue weighted by molar-refractivity contribution is -0.141. The van der Waals surface area contributed by atoms with Gasteiger partial charge in [0.25, 0.3) is 5.91 Å². The predicted molar refractivity (Wildman–Crippen MR) is 154 cm³/mol. The number of nitrogens with zero attached hydrogens (tertiary/aromatic N) is 1. The summed E-state index contributed by atoms with van der Waals surface area (Å²) in [6, 6.07) is 16.8. The number of hydrogen-bond donors (Lipinski definition) is 5. The zero-order chi connectivity index (χ0) is 30.2. The van der Waals surface area contributed by atoms with Crippen LogP contribution in [0.25, 0.3) is 0 Å². The fourth-order valence-electron chi connectivity index (χ4n) is 4.24. The maximum atomic E-state index is 14.2. The highest BCUT2D eigenvalue weighted by atomic mass is 16.6. The molecule has 5 N–H and O–H groups in total. The summed E-state index contributed by atoms with van der Waals surface area (Å²) in [5.74, 6) is -1.18. The molecule has 3 aromatic rings. The molecule has 0 aliphatic rings. The van der Waals surface area contributed by atoms with E-state index in [0.717, 1.165) is 5.56 Å². The van der Waals surface area contributed by atoms with Crippen LogP contribution in [0.1, 0.15) is 43.5 Å². The van der Waals surface area contributed by atoms with Crippen molar-refractivity contribution in [2.45, 2.75) is 51.8 Å². The smallest absolute Gasteiger partial charge is 0.408 e. The predicted octanol–water partition coefficient (Wildman–Crippen LogP) is 4.04. The molecular weight excluding hydrogens is 526 g/mol. The molecule has 10 heteroatoms. The van der Waals surface area contributed by atoms with Crippen LogP contribution in [0.4, 0.5) is 10.5 Å². The molecule has 0 saturated heterocycles. The molecule has 0 aliphatic heterocycles. The van der Waals surface area contributed by atoms with Crippen LogP contribution in [0, 0.1) is 6.92 Å². The molecule has 2 unspecified atom stereocenters. The van der Waals surface area contributed by atoms with Crippen molar-refractivity contribution in [3.63, 3.8) is 0 Å². The van der Waals surface area contributed by atoms with Gasteiger partial charge in [-0.25, -0.2) is 4.79 Å². The SMILES string of the molecule is Cc1ccccc1NC(=O)C(c1ccc(O)cc1)N(CCO)C(=O)C(Cc1ccc(O)cc1)NC(=O)OC(C)(C)C. The first-order valence-corrected chi connectivity index (χ1v) is 13.2. The molecule has 10 nitrogen and oxygen atoms in total. The first kappa shape index (κ1) is 31.0. The number of amides is 3. The maximum Gasteiger partial charge on any atom is 0.408 e. The molecule has 0 bridgehead atoms. The van der Waals surface area contributed by atoms with Crippen LogP contribution in [-0.4, -0.2) is 62.9 Å². The van der Waals surface area contributed by atoms with Gasteiger partial charge >= 0.3 is 6.09 Å². The normalized spacial score (nSPS) is 12.6. The molecule has 0 spiro atoms. The number of carbonyl (C=O) groups excluding carboxylic acids is 3. The van der Waals surface area contributed by atoms with Gasteiger partial charge in [0.05, 0.1) is 6.61 Å². The molecule has 218 valence electrons. The number of ether oxygens (including phenoxy) is 1. The zero-order valence-corrected chi connectivity index (χ0v) is 23.6. The molecule has 0 fully saturated rings. The second-order valence-corrected chi connectivity index (χ2v) is 10.6. The number of benzene rings is 3. The summed E-state index contributed by atoms with van der Waals surface area (Å²) in [5.41, 5.74) is 1.54. The van der Waals surface area contributed by atoms with E-state index in [2.05, 4.69) is 10.6 Å². The molecule has 0 radical (unpaired) electrons. The third kappa shape index (κ3) is 8.97. The molecule has 2 atom stereocenters. The largest absolute Gasteiger partial charge is 0.508 e. The van der Waals surface area contributed by atoms with E-state index in [0.29, 0.717) is 16.8 Å². The van der Waals surface area contributed by atoms with Crippen molar-refractivity contribution in [1.29, 1.82) is 0 Å². The van der Waals surface area contributed by atoms with E-state index in [1.54, 1.807) is 45.0 Å². The van der Waals surface area contributed by atoms with E-state index < -0.39 is 42.2 Å². The van der Waals surface area contributed by atoms with Crippen molar-refractivity contribution in [3.8, 4) is 11.5 Å². The Morgan fingerprint density at radius 2 is 1.49 bits per heavy atom. The Kier molecular flexibility index (Phi) is 10.3. The second kappa shape index (κ2) is 13.7. The van der Waals surface area contributed by atoms with E-state index >= 15 is 0 Å². The van der Waals surface area contributed by atoms with Gasteiger partial charge in [-0.3, -0.25) is 9.59 Å². The molecule has 0 heterocycles. The van der Waals surface area contributed by atoms with Gasteiger partial charge in [-0.05, 0) is 74.7 Å². The van der Waals surface area contributed by atoms with Crippen molar-refractivity contribution < 1.29 is 34.4 Å². The standard InChI is InChI=1S/C31H37N3O7/c1-20-7-5-6-8-25(20)32-28(38)27(22-11-15-24(37)16-12-22)34(17-18-35)29(39)26(33-30(40)41-31(2,3)4)19-21-9-13-23(36)14-10-21/h5-16,26-27,35-37H,17-19H2,1-4H3,(H,32,38)(H,33,40). The topological polar surface area (TPSA) is 148 Å². The number of rotatable bonds is 10. The number of alkyl carbamates (subject to hydrolysis) is 1. The van der Waals surface area contributed by atoms with Crippen molar-refractivity contribution >= 4 is 23.6 Å². The quantitative estimate of drug-likeness (QED) is 0.250. The van der Waals surface area contributed by atoms with Crippen molar-refractivity contribution in [2.24, 2.45) is 0 Å². The number of phenolic OH excluding ortho intramolecular Hbond substituents is 2. The Labute approximate surface area is 239 Å². The van der Waals surface area contributed by atoms with E-state index in [4.69, 9.17) is 4.74 Å². The molecule has 0 aliphatic carbocycles. The minimum atomic E-state index is -1.22. The molecule has 3 aromatic carbocycles. The zero-order valence-electron chi connectivity index (χ0n) is 23.6. The monoisotopic (exact) mass is 563 g/mol. The fourth-order valence-corrected chi connectivity index (χ4v) is 4.24. The lowest BCUT2D eigenvalue weighted by atomic mass is 10.00. The highest BCUT2D eigenvalue weighted by Gasteiger charge is 2.36. The van der Waals surface area contributed by atoms with Gasteiger partial charge < -0.3 is 35.6 Å². The van der Waals surface area contributed by atoms with E-state index in [-0.39, 0.29) is 24.5 Å². The third-order valence-electron chi connectivity index (χ3n) is 6.16. The number of carbonyl (C=O) groups is 3. The lowest BCUT2D eigenvalue weighted by Gasteiger charge is -2.34. The Hall–Kier alpha value is -4.57. The van der Waals surface area contributed by atoms with Gasteiger partial charge in [0.15, 0.2) is 0 Å². The summed E-state index contributed by atoms with van der Waals surface area (Å²) in [6.45, 7) is 6.22. The van der Waals surface area contributed by atoms with E-state index in [9.17, 15) is 29.7 Å². The summed E-state index contributed by atoms with van der Waals surface area (Å²) < 4.78 is 5.40. The van der Waals surface area contributed by atoms with E-state index in [1.807, 2.05) is 19.1 Å². The van der Waals surface area contributed by atoms with Gasteiger partial charge in [0.2, 0.25) is 5.91 Å².